The second-order valence-electron chi connectivity index (χ2n) is 4.41. The highest BCUT2D eigenvalue weighted by Gasteiger charge is 2.19. The molecule has 0 aliphatic heterocycles. The Labute approximate surface area is 83.5 Å². The maximum absolute atomic E-state index is 11.4. The molecule has 0 atom stereocenters. The fourth-order valence-electron chi connectivity index (χ4n) is 1.20. The summed E-state index contributed by atoms with van der Waals surface area (Å²) in [5, 5.41) is 6.43. The van der Waals surface area contributed by atoms with Gasteiger partial charge in [-0.3, -0.25) is 4.79 Å². The lowest BCUT2D eigenvalue weighted by Gasteiger charge is -2.18. The number of nitrogens with two attached hydrogens (primary N) is 1. The molecule has 0 spiro atoms. The standard InChI is InChI=1S/C10H17N3O/c1-6(2)8-5-7(10(3,4)11)9(14)13-12-8/h5-6H,11H2,1-4H3,(H,13,14). The van der Waals surface area contributed by atoms with Crippen LogP contribution in [0.4, 0.5) is 0 Å². The van der Waals surface area contributed by atoms with Crippen LogP contribution in [-0.2, 0) is 5.54 Å². The molecule has 0 aliphatic carbocycles. The first-order valence-electron chi connectivity index (χ1n) is 4.71. The van der Waals surface area contributed by atoms with Gasteiger partial charge in [0.2, 0.25) is 0 Å². The van der Waals surface area contributed by atoms with Gasteiger partial charge in [0.05, 0.1) is 5.69 Å². The van der Waals surface area contributed by atoms with E-state index in [2.05, 4.69) is 10.2 Å². The van der Waals surface area contributed by atoms with Crippen molar-refractivity contribution in [1.82, 2.24) is 10.2 Å². The molecule has 78 valence electrons. The summed E-state index contributed by atoms with van der Waals surface area (Å²) >= 11 is 0. The Kier molecular flexibility index (Phi) is 2.76. The van der Waals surface area contributed by atoms with Crippen molar-refractivity contribution in [3.63, 3.8) is 0 Å². The zero-order valence-corrected chi connectivity index (χ0v) is 9.09. The number of hydrogen-bond donors (Lipinski definition) is 2. The summed E-state index contributed by atoms with van der Waals surface area (Å²) < 4.78 is 0. The van der Waals surface area contributed by atoms with Crippen LogP contribution in [0.3, 0.4) is 0 Å². The summed E-state index contributed by atoms with van der Waals surface area (Å²) in [5.74, 6) is 0.285. The Hall–Kier alpha value is -1.16. The Morgan fingerprint density at radius 3 is 2.50 bits per heavy atom. The van der Waals surface area contributed by atoms with Gasteiger partial charge in [-0.15, -0.1) is 0 Å². The average Bonchev–Trinajstić information content (AvgIpc) is 2.02. The number of H-pyrrole nitrogens is 1. The van der Waals surface area contributed by atoms with Crippen LogP contribution in [0.15, 0.2) is 10.9 Å². The number of aromatic amines is 1. The number of hydrogen-bond acceptors (Lipinski definition) is 3. The number of aromatic nitrogens is 2. The van der Waals surface area contributed by atoms with E-state index in [1.807, 2.05) is 27.7 Å². The number of nitrogens with one attached hydrogen (secondary N) is 1. The third kappa shape index (κ3) is 2.20. The number of nitrogens with zero attached hydrogens (tertiary/aromatic N) is 1. The predicted molar refractivity (Wildman–Crippen MR) is 56.2 cm³/mol. The maximum atomic E-state index is 11.4. The fraction of sp³-hybridized carbons (Fsp3) is 0.600. The van der Waals surface area contributed by atoms with Crippen LogP contribution in [-0.4, -0.2) is 10.2 Å². The molecule has 14 heavy (non-hydrogen) atoms. The maximum Gasteiger partial charge on any atom is 0.269 e. The predicted octanol–water partition coefficient (Wildman–Crippen LogP) is 1.09. The molecule has 1 rings (SSSR count). The summed E-state index contributed by atoms with van der Waals surface area (Å²) in [5.41, 5.74) is 6.49. The molecule has 4 heteroatoms. The number of rotatable bonds is 2. The minimum Gasteiger partial charge on any atom is -0.322 e. The van der Waals surface area contributed by atoms with E-state index in [0.717, 1.165) is 5.69 Å². The Morgan fingerprint density at radius 1 is 1.50 bits per heavy atom. The van der Waals surface area contributed by atoms with E-state index in [9.17, 15) is 4.79 Å². The molecule has 3 N–H and O–H groups in total. The molecular weight excluding hydrogens is 178 g/mol. The second kappa shape index (κ2) is 3.53. The summed E-state index contributed by atoms with van der Waals surface area (Å²) in [4.78, 5) is 11.4. The normalized spacial score (nSPS) is 12.1. The Balaban J connectivity index is 3.30. The van der Waals surface area contributed by atoms with Gasteiger partial charge < -0.3 is 5.73 Å². The second-order valence-corrected chi connectivity index (χ2v) is 4.41. The van der Waals surface area contributed by atoms with Crippen molar-refractivity contribution < 1.29 is 0 Å². The van der Waals surface area contributed by atoms with Gasteiger partial charge in [0.1, 0.15) is 0 Å². The van der Waals surface area contributed by atoms with Crippen LogP contribution in [0.2, 0.25) is 0 Å². The largest absolute Gasteiger partial charge is 0.322 e. The molecule has 1 aromatic heterocycles. The van der Waals surface area contributed by atoms with Crippen LogP contribution in [0.1, 0.15) is 44.9 Å². The molecule has 0 aromatic carbocycles. The lowest BCUT2D eigenvalue weighted by molar-refractivity contribution is 0.540. The molecule has 0 bridgehead atoms. The highest BCUT2D eigenvalue weighted by atomic mass is 16.1. The topological polar surface area (TPSA) is 71.8 Å². The van der Waals surface area contributed by atoms with Crippen molar-refractivity contribution in [2.45, 2.75) is 39.2 Å². The van der Waals surface area contributed by atoms with Crippen molar-refractivity contribution in [2.75, 3.05) is 0 Å². The van der Waals surface area contributed by atoms with Gasteiger partial charge in [-0.05, 0) is 25.8 Å². The van der Waals surface area contributed by atoms with Crippen molar-refractivity contribution in [2.24, 2.45) is 5.73 Å². The van der Waals surface area contributed by atoms with Crippen molar-refractivity contribution in [3.05, 3.63) is 27.7 Å². The Morgan fingerprint density at radius 2 is 2.07 bits per heavy atom. The summed E-state index contributed by atoms with van der Waals surface area (Å²) in [6.07, 6.45) is 0. The van der Waals surface area contributed by atoms with Gasteiger partial charge in [-0.1, -0.05) is 13.8 Å². The highest BCUT2D eigenvalue weighted by molar-refractivity contribution is 5.21. The first-order chi connectivity index (χ1) is 6.32. The van der Waals surface area contributed by atoms with E-state index in [0.29, 0.717) is 5.56 Å². The fourth-order valence-corrected chi connectivity index (χ4v) is 1.20. The van der Waals surface area contributed by atoms with E-state index in [-0.39, 0.29) is 11.5 Å². The van der Waals surface area contributed by atoms with E-state index >= 15 is 0 Å². The smallest absolute Gasteiger partial charge is 0.269 e. The van der Waals surface area contributed by atoms with Crippen molar-refractivity contribution in [1.29, 1.82) is 0 Å². The van der Waals surface area contributed by atoms with E-state index in [4.69, 9.17) is 5.73 Å². The molecule has 0 fully saturated rings. The molecule has 0 amide bonds. The lowest BCUT2D eigenvalue weighted by atomic mass is 9.95. The third-order valence-electron chi connectivity index (χ3n) is 2.11. The van der Waals surface area contributed by atoms with Crippen LogP contribution in [0, 0.1) is 0 Å². The van der Waals surface area contributed by atoms with Crippen LogP contribution < -0.4 is 11.3 Å². The third-order valence-corrected chi connectivity index (χ3v) is 2.11. The van der Waals surface area contributed by atoms with E-state index in [1.165, 1.54) is 0 Å². The molecule has 0 radical (unpaired) electrons. The SMILES string of the molecule is CC(C)c1cc(C(C)(C)N)c(=O)[nH]n1. The minimum atomic E-state index is -0.625. The molecule has 1 heterocycles. The summed E-state index contributed by atoms with van der Waals surface area (Å²) in [6, 6.07) is 1.78. The molecule has 0 saturated heterocycles. The monoisotopic (exact) mass is 195 g/mol. The zero-order chi connectivity index (χ0) is 10.9. The van der Waals surface area contributed by atoms with Gasteiger partial charge in [-0.25, -0.2) is 5.10 Å². The van der Waals surface area contributed by atoms with Gasteiger partial charge in [0.15, 0.2) is 0 Å². The molecule has 1 aromatic rings. The van der Waals surface area contributed by atoms with Crippen LogP contribution in [0.5, 0.6) is 0 Å². The van der Waals surface area contributed by atoms with Gasteiger partial charge in [0, 0.05) is 11.1 Å². The molecule has 4 nitrogen and oxygen atoms in total. The van der Waals surface area contributed by atoms with Crippen LogP contribution >= 0.6 is 0 Å². The van der Waals surface area contributed by atoms with Gasteiger partial charge in [-0.2, -0.15) is 5.10 Å². The minimum absolute atomic E-state index is 0.207. The highest BCUT2D eigenvalue weighted by Crippen LogP contribution is 2.16. The van der Waals surface area contributed by atoms with Crippen molar-refractivity contribution >= 4 is 0 Å². The molecule has 0 aliphatic rings. The van der Waals surface area contributed by atoms with E-state index in [1.54, 1.807) is 6.07 Å². The first-order valence-corrected chi connectivity index (χ1v) is 4.71. The average molecular weight is 195 g/mol. The molecule has 0 unspecified atom stereocenters. The van der Waals surface area contributed by atoms with E-state index < -0.39 is 5.54 Å². The summed E-state index contributed by atoms with van der Waals surface area (Å²) in [6.45, 7) is 7.66. The first kappa shape index (κ1) is 10.9. The van der Waals surface area contributed by atoms with Crippen LogP contribution in [0.25, 0.3) is 0 Å². The van der Waals surface area contributed by atoms with Crippen molar-refractivity contribution in [3.8, 4) is 0 Å². The zero-order valence-electron chi connectivity index (χ0n) is 9.09. The summed E-state index contributed by atoms with van der Waals surface area (Å²) in [7, 11) is 0. The molecule has 0 saturated carbocycles. The Bertz CT molecular complexity index is 374. The quantitative estimate of drug-likeness (QED) is 0.742. The molecular formula is C10H17N3O. The lowest BCUT2D eigenvalue weighted by Crippen LogP contribution is -2.36. The van der Waals surface area contributed by atoms with Gasteiger partial charge >= 0.3 is 0 Å². The van der Waals surface area contributed by atoms with Gasteiger partial charge in [0.25, 0.3) is 5.56 Å².